The van der Waals surface area contributed by atoms with Gasteiger partial charge < -0.3 is 0 Å². The molecule has 0 unspecified atom stereocenters. The highest BCUT2D eigenvalue weighted by atomic mass is 32.2. The molecule has 0 radical (unpaired) electrons. The molecule has 2 aromatic rings. The van der Waals surface area contributed by atoms with Gasteiger partial charge in [0.1, 0.15) is 0 Å². The summed E-state index contributed by atoms with van der Waals surface area (Å²) in [6.45, 7) is 3.45. The van der Waals surface area contributed by atoms with Gasteiger partial charge in [-0.1, -0.05) is 0 Å². The van der Waals surface area contributed by atoms with Crippen molar-refractivity contribution in [2.45, 2.75) is 23.8 Å². The van der Waals surface area contributed by atoms with Crippen molar-refractivity contribution in [2.24, 2.45) is 0 Å². The van der Waals surface area contributed by atoms with Crippen molar-refractivity contribution >= 4 is 10.0 Å². The van der Waals surface area contributed by atoms with Crippen LogP contribution in [0.2, 0.25) is 0 Å². The number of hydrogen-bond acceptors (Lipinski definition) is 4. The van der Waals surface area contributed by atoms with Crippen LogP contribution in [0.3, 0.4) is 0 Å². The predicted octanol–water partition coefficient (Wildman–Crippen LogP) is 1.34. The number of aromatic nitrogens is 2. The average Bonchev–Trinajstić information content (AvgIpc) is 3.19. The highest BCUT2D eigenvalue weighted by Crippen LogP contribution is 2.26. The van der Waals surface area contributed by atoms with Crippen molar-refractivity contribution in [2.75, 3.05) is 26.2 Å². The Bertz CT molecular complexity index is 759. The maximum absolute atomic E-state index is 12.7. The molecule has 6 nitrogen and oxygen atoms in total. The van der Waals surface area contributed by atoms with Crippen LogP contribution in [0.4, 0.5) is 0 Å². The maximum atomic E-state index is 12.7. The number of hydrogen-bond donors (Lipinski definition) is 0. The van der Waals surface area contributed by atoms with Crippen molar-refractivity contribution in [1.29, 1.82) is 0 Å². The molecular formula is C16H20N4O2S. The molecule has 4 rings (SSSR count). The molecule has 0 atom stereocenters. The SMILES string of the molecule is O=S(=O)(c1ccc(-n2cccn2)cc1)N1CC(N2CCCC2)C1. The Labute approximate surface area is 136 Å². The number of rotatable bonds is 4. The minimum absolute atomic E-state index is 0.355. The normalized spacial score (nSPS) is 20.7. The van der Waals surface area contributed by atoms with Gasteiger partial charge in [-0.25, -0.2) is 13.1 Å². The zero-order valence-corrected chi connectivity index (χ0v) is 13.7. The standard InChI is InChI=1S/C16H20N4O2S/c21-23(22,19-12-15(13-19)18-9-1-2-10-18)16-6-4-14(5-7-16)20-11-3-8-17-20/h3-8,11,15H,1-2,9-10,12-13H2. The first-order chi connectivity index (χ1) is 11.1. The van der Waals surface area contributed by atoms with Crippen molar-refractivity contribution < 1.29 is 8.42 Å². The molecule has 0 amide bonds. The van der Waals surface area contributed by atoms with Gasteiger partial charge in [0.15, 0.2) is 0 Å². The van der Waals surface area contributed by atoms with Crippen LogP contribution in [-0.2, 0) is 10.0 Å². The summed E-state index contributed by atoms with van der Waals surface area (Å²) in [6.07, 6.45) is 6.00. The molecule has 2 aliphatic heterocycles. The van der Waals surface area contributed by atoms with Crippen LogP contribution in [0.25, 0.3) is 5.69 Å². The van der Waals surface area contributed by atoms with Crippen molar-refractivity contribution in [1.82, 2.24) is 19.0 Å². The molecule has 2 aliphatic rings. The van der Waals surface area contributed by atoms with E-state index in [1.165, 1.54) is 12.8 Å². The summed E-state index contributed by atoms with van der Waals surface area (Å²) in [6, 6.07) is 9.14. The summed E-state index contributed by atoms with van der Waals surface area (Å²) in [4.78, 5) is 2.76. The molecule has 0 N–H and O–H groups in total. The van der Waals surface area contributed by atoms with Crippen molar-refractivity contribution in [3.63, 3.8) is 0 Å². The summed E-state index contributed by atoms with van der Waals surface area (Å²) in [7, 11) is -3.37. The molecular weight excluding hydrogens is 312 g/mol. The van der Waals surface area contributed by atoms with E-state index in [1.807, 2.05) is 12.3 Å². The zero-order valence-electron chi connectivity index (χ0n) is 12.9. The van der Waals surface area contributed by atoms with Gasteiger partial charge in [0.05, 0.1) is 10.6 Å². The molecule has 0 aliphatic carbocycles. The smallest absolute Gasteiger partial charge is 0.243 e. The summed E-state index contributed by atoms with van der Waals surface area (Å²) in [5, 5.41) is 4.15. The third kappa shape index (κ3) is 2.69. The molecule has 7 heteroatoms. The highest BCUT2D eigenvalue weighted by molar-refractivity contribution is 7.89. The lowest BCUT2D eigenvalue weighted by Crippen LogP contribution is -2.60. The Morgan fingerprint density at radius 3 is 2.35 bits per heavy atom. The Kier molecular flexibility index (Phi) is 3.71. The first kappa shape index (κ1) is 14.9. The zero-order chi connectivity index (χ0) is 15.9. The van der Waals surface area contributed by atoms with E-state index in [-0.39, 0.29) is 0 Å². The third-order valence-corrected chi connectivity index (χ3v) is 6.58. The second-order valence-electron chi connectivity index (χ2n) is 6.16. The van der Waals surface area contributed by atoms with Gasteiger partial charge in [-0.15, -0.1) is 0 Å². The topological polar surface area (TPSA) is 58.4 Å². The van der Waals surface area contributed by atoms with Gasteiger partial charge in [0.25, 0.3) is 0 Å². The van der Waals surface area contributed by atoms with E-state index >= 15 is 0 Å². The number of benzene rings is 1. The van der Waals surface area contributed by atoms with Crippen LogP contribution in [0.1, 0.15) is 12.8 Å². The van der Waals surface area contributed by atoms with Crippen molar-refractivity contribution in [3.05, 3.63) is 42.7 Å². The molecule has 3 heterocycles. The van der Waals surface area contributed by atoms with Crippen LogP contribution in [0.5, 0.6) is 0 Å². The van der Waals surface area contributed by atoms with E-state index in [9.17, 15) is 8.42 Å². The van der Waals surface area contributed by atoms with Gasteiger partial charge in [-0.3, -0.25) is 4.90 Å². The quantitative estimate of drug-likeness (QED) is 0.848. The minimum atomic E-state index is -3.37. The highest BCUT2D eigenvalue weighted by Gasteiger charge is 2.40. The van der Waals surface area contributed by atoms with Crippen LogP contribution >= 0.6 is 0 Å². The fourth-order valence-corrected chi connectivity index (χ4v) is 4.81. The Morgan fingerprint density at radius 1 is 1.04 bits per heavy atom. The summed E-state index contributed by atoms with van der Waals surface area (Å²) < 4.78 is 28.6. The number of nitrogens with zero attached hydrogens (tertiary/aromatic N) is 4. The fourth-order valence-electron chi connectivity index (χ4n) is 3.29. The van der Waals surface area contributed by atoms with Gasteiger partial charge in [0, 0.05) is 31.5 Å². The summed E-state index contributed by atoms with van der Waals surface area (Å²) in [5.41, 5.74) is 0.854. The lowest BCUT2D eigenvalue weighted by molar-refractivity contribution is 0.110. The fraction of sp³-hybridized carbons (Fsp3) is 0.438. The minimum Gasteiger partial charge on any atom is -0.298 e. The van der Waals surface area contributed by atoms with Crippen LogP contribution in [0.15, 0.2) is 47.6 Å². The van der Waals surface area contributed by atoms with E-state index in [1.54, 1.807) is 39.4 Å². The van der Waals surface area contributed by atoms with Gasteiger partial charge in [0.2, 0.25) is 10.0 Å². The first-order valence-corrected chi connectivity index (χ1v) is 9.43. The van der Waals surface area contributed by atoms with Crippen molar-refractivity contribution in [3.8, 4) is 5.69 Å². The van der Waals surface area contributed by atoms with Crippen LogP contribution < -0.4 is 0 Å². The largest absolute Gasteiger partial charge is 0.298 e. The average molecular weight is 332 g/mol. The Morgan fingerprint density at radius 2 is 1.74 bits per heavy atom. The molecule has 23 heavy (non-hydrogen) atoms. The number of sulfonamides is 1. The van der Waals surface area contributed by atoms with E-state index < -0.39 is 10.0 Å². The maximum Gasteiger partial charge on any atom is 0.243 e. The second kappa shape index (κ2) is 5.74. The van der Waals surface area contributed by atoms with Crippen LogP contribution in [-0.4, -0.2) is 59.6 Å². The molecule has 1 aromatic heterocycles. The van der Waals surface area contributed by atoms with E-state index in [2.05, 4.69) is 10.00 Å². The molecule has 1 aromatic carbocycles. The van der Waals surface area contributed by atoms with Crippen LogP contribution in [0, 0.1) is 0 Å². The van der Waals surface area contributed by atoms with E-state index in [0.29, 0.717) is 24.0 Å². The lowest BCUT2D eigenvalue weighted by atomic mass is 10.1. The molecule has 0 bridgehead atoms. The predicted molar refractivity (Wildman–Crippen MR) is 86.9 cm³/mol. The molecule has 0 saturated carbocycles. The summed E-state index contributed by atoms with van der Waals surface area (Å²) >= 11 is 0. The number of likely N-dealkylation sites (tertiary alicyclic amines) is 1. The second-order valence-corrected chi connectivity index (χ2v) is 8.10. The van der Waals surface area contributed by atoms with Gasteiger partial charge in [-0.05, 0) is 56.3 Å². The Balaban J connectivity index is 1.46. The first-order valence-electron chi connectivity index (χ1n) is 7.99. The molecule has 2 fully saturated rings. The van der Waals surface area contributed by atoms with Gasteiger partial charge >= 0.3 is 0 Å². The Hall–Kier alpha value is -1.70. The summed E-state index contributed by atoms with van der Waals surface area (Å²) in [5.74, 6) is 0. The monoisotopic (exact) mass is 332 g/mol. The van der Waals surface area contributed by atoms with Gasteiger partial charge in [-0.2, -0.15) is 9.40 Å². The molecule has 2 saturated heterocycles. The third-order valence-electron chi connectivity index (χ3n) is 4.73. The molecule has 122 valence electrons. The van der Waals surface area contributed by atoms with E-state index in [4.69, 9.17) is 0 Å². The molecule has 0 spiro atoms. The van der Waals surface area contributed by atoms with E-state index in [0.717, 1.165) is 18.8 Å². The lowest BCUT2D eigenvalue weighted by Gasteiger charge is -2.42.